The van der Waals surface area contributed by atoms with Crippen molar-refractivity contribution in [3.8, 4) is 0 Å². The average molecular weight is 283 g/mol. The Hall–Kier alpha value is -2.12. The van der Waals surface area contributed by atoms with Gasteiger partial charge in [-0.25, -0.2) is 4.79 Å². The number of urea groups is 1. The number of nitrogens with one attached hydrogen (secondary N) is 2. The molecule has 112 valence electrons. The van der Waals surface area contributed by atoms with Crippen molar-refractivity contribution in [1.29, 1.82) is 0 Å². The van der Waals surface area contributed by atoms with Crippen LogP contribution in [0.1, 0.15) is 25.6 Å². The molecule has 1 atom stereocenters. The normalized spacial score (nSPS) is 11.9. The van der Waals surface area contributed by atoms with Crippen LogP contribution in [-0.4, -0.2) is 45.0 Å². The zero-order valence-electron chi connectivity index (χ0n) is 11.8. The molecule has 0 bridgehead atoms. The largest absolute Gasteiger partial charge is 0.481 e. The molecule has 1 rings (SSSR count). The number of nitrogens with zero attached hydrogens (tertiary/aromatic N) is 3. The lowest BCUT2D eigenvalue weighted by Gasteiger charge is -2.12. The third kappa shape index (κ3) is 6.17. The second kappa shape index (κ2) is 8.13. The highest BCUT2D eigenvalue weighted by molar-refractivity contribution is 5.73. The molecule has 0 radical (unpaired) electrons. The molecule has 8 heteroatoms. The first-order chi connectivity index (χ1) is 9.49. The molecule has 0 saturated heterocycles. The Labute approximate surface area is 117 Å². The van der Waals surface area contributed by atoms with E-state index in [0.717, 1.165) is 5.82 Å². The zero-order valence-corrected chi connectivity index (χ0v) is 11.8. The molecule has 1 aromatic heterocycles. The molecular formula is C12H21N5O3. The van der Waals surface area contributed by atoms with Crippen molar-refractivity contribution in [2.24, 2.45) is 13.0 Å². The van der Waals surface area contributed by atoms with Gasteiger partial charge in [0.25, 0.3) is 0 Å². The first kappa shape index (κ1) is 15.9. The molecule has 0 aliphatic heterocycles. The van der Waals surface area contributed by atoms with Gasteiger partial charge in [-0.3, -0.25) is 4.79 Å². The van der Waals surface area contributed by atoms with Crippen LogP contribution in [0.3, 0.4) is 0 Å². The van der Waals surface area contributed by atoms with Crippen LogP contribution in [0.25, 0.3) is 0 Å². The van der Waals surface area contributed by atoms with Crippen LogP contribution in [0.4, 0.5) is 4.79 Å². The first-order valence-electron chi connectivity index (χ1n) is 6.55. The standard InChI is InChI=1S/C12H21N5O3/c1-9(3-4-11(18)19)7-14-12(20)13-6-5-10-16-15-8-17(10)2/h8-9H,3-7H2,1-2H3,(H,18,19)(H2,13,14,20). The number of carbonyl (C=O) groups excluding carboxylic acids is 1. The predicted octanol–water partition coefficient (Wildman–Crippen LogP) is 0.158. The van der Waals surface area contributed by atoms with Gasteiger partial charge in [0.2, 0.25) is 0 Å². The summed E-state index contributed by atoms with van der Waals surface area (Å²) in [6, 6.07) is -0.255. The van der Waals surface area contributed by atoms with Crippen LogP contribution in [-0.2, 0) is 18.3 Å². The number of carbonyl (C=O) groups is 2. The molecule has 8 nitrogen and oxygen atoms in total. The van der Waals surface area contributed by atoms with Crippen molar-refractivity contribution in [2.75, 3.05) is 13.1 Å². The van der Waals surface area contributed by atoms with Crippen LogP contribution in [0, 0.1) is 5.92 Å². The summed E-state index contributed by atoms with van der Waals surface area (Å²) in [5, 5.41) is 21.7. The number of carboxylic acids is 1. The van der Waals surface area contributed by atoms with Gasteiger partial charge in [0.1, 0.15) is 12.2 Å². The maximum Gasteiger partial charge on any atom is 0.314 e. The highest BCUT2D eigenvalue weighted by Gasteiger charge is 2.08. The molecule has 1 aromatic rings. The van der Waals surface area contributed by atoms with Gasteiger partial charge in [-0.05, 0) is 12.3 Å². The quantitative estimate of drug-likeness (QED) is 0.629. The van der Waals surface area contributed by atoms with Crippen LogP contribution in [0.5, 0.6) is 0 Å². The topological polar surface area (TPSA) is 109 Å². The number of aliphatic carboxylic acids is 1. The average Bonchev–Trinajstić information content (AvgIpc) is 2.79. The third-order valence-electron chi connectivity index (χ3n) is 2.90. The van der Waals surface area contributed by atoms with Crippen molar-refractivity contribution in [1.82, 2.24) is 25.4 Å². The van der Waals surface area contributed by atoms with Gasteiger partial charge in [-0.1, -0.05) is 6.92 Å². The van der Waals surface area contributed by atoms with Gasteiger partial charge in [-0.15, -0.1) is 10.2 Å². The lowest BCUT2D eigenvalue weighted by Crippen LogP contribution is -2.39. The number of aromatic nitrogens is 3. The molecule has 3 N–H and O–H groups in total. The second-order valence-electron chi connectivity index (χ2n) is 4.78. The smallest absolute Gasteiger partial charge is 0.314 e. The van der Waals surface area contributed by atoms with E-state index >= 15 is 0 Å². The van der Waals surface area contributed by atoms with E-state index < -0.39 is 5.97 Å². The van der Waals surface area contributed by atoms with E-state index in [4.69, 9.17) is 5.11 Å². The number of aryl methyl sites for hydroxylation is 1. The molecule has 0 saturated carbocycles. The molecule has 0 aliphatic rings. The van der Waals surface area contributed by atoms with Crippen LogP contribution in [0.2, 0.25) is 0 Å². The van der Waals surface area contributed by atoms with Crippen LogP contribution < -0.4 is 10.6 Å². The van der Waals surface area contributed by atoms with Crippen molar-refractivity contribution in [3.63, 3.8) is 0 Å². The Kier molecular flexibility index (Phi) is 6.48. The van der Waals surface area contributed by atoms with E-state index in [1.807, 2.05) is 14.0 Å². The number of hydrogen-bond donors (Lipinski definition) is 3. The highest BCUT2D eigenvalue weighted by atomic mass is 16.4. The molecule has 0 fully saturated rings. The SMILES string of the molecule is CC(CCC(=O)O)CNC(=O)NCCc1nncn1C. The van der Waals surface area contributed by atoms with Crippen molar-refractivity contribution in [3.05, 3.63) is 12.2 Å². The summed E-state index contributed by atoms with van der Waals surface area (Å²) >= 11 is 0. The number of carboxylic acid groups (broad SMARTS) is 1. The maximum absolute atomic E-state index is 11.5. The molecular weight excluding hydrogens is 262 g/mol. The fourth-order valence-corrected chi connectivity index (χ4v) is 1.62. The first-order valence-corrected chi connectivity index (χ1v) is 6.55. The molecule has 1 heterocycles. The number of rotatable bonds is 8. The van der Waals surface area contributed by atoms with Crippen molar-refractivity contribution in [2.45, 2.75) is 26.2 Å². The van der Waals surface area contributed by atoms with Crippen molar-refractivity contribution < 1.29 is 14.7 Å². The van der Waals surface area contributed by atoms with Gasteiger partial charge in [-0.2, -0.15) is 0 Å². The minimum Gasteiger partial charge on any atom is -0.481 e. The van der Waals surface area contributed by atoms with E-state index in [9.17, 15) is 9.59 Å². The Bertz CT molecular complexity index is 446. The predicted molar refractivity (Wildman–Crippen MR) is 72.1 cm³/mol. The van der Waals surface area contributed by atoms with E-state index in [1.165, 1.54) is 0 Å². The minimum atomic E-state index is -0.815. The van der Waals surface area contributed by atoms with Crippen molar-refractivity contribution >= 4 is 12.0 Å². The maximum atomic E-state index is 11.5. The Balaban J connectivity index is 2.11. The van der Waals surface area contributed by atoms with Gasteiger partial charge >= 0.3 is 12.0 Å². The molecule has 0 aliphatic carbocycles. The third-order valence-corrected chi connectivity index (χ3v) is 2.90. The highest BCUT2D eigenvalue weighted by Crippen LogP contribution is 2.03. The van der Waals surface area contributed by atoms with E-state index in [2.05, 4.69) is 20.8 Å². The molecule has 2 amide bonds. The fourth-order valence-electron chi connectivity index (χ4n) is 1.62. The molecule has 0 aromatic carbocycles. The zero-order chi connectivity index (χ0) is 15.0. The Morgan fingerprint density at radius 3 is 2.80 bits per heavy atom. The Morgan fingerprint density at radius 2 is 2.20 bits per heavy atom. The lowest BCUT2D eigenvalue weighted by atomic mass is 10.1. The summed E-state index contributed by atoms with van der Waals surface area (Å²) in [6.07, 6.45) is 2.89. The fraction of sp³-hybridized carbons (Fsp3) is 0.667. The van der Waals surface area contributed by atoms with Gasteiger partial charge < -0.3 is 20.3 Å². The van der Waals surface area contributed by atoms with E-state index in [1.54, 1.807) is 10.9 Å². The molecule has 1 unspecified atom stereocenters. The van der Waals surface area contributed by atoms with Crippen LogP contribution in [0.15, 0.2) is 6.33 Å². The summed E-state index contributed by atoms with van der Waals surface area (Å²) in [7, 11) is 1.85. The van der Waals surface area contributed by atoms with Gasteiger partial charge in [0.05, 0.1) is 0 Å². The second-order valence-corrected chi connectivity index (χ2v) is 4.78. The minimum absolute atomic E-state index is 0.122. The van der Waals surface area contributed by atoms with Gasteiger partial charge in [0, 0.05) is 33.0 Å². The molecule has 0 spiro atoms. The Morgan fingerprint density at radius 1 is 1.45 bits per heavy atom. The molecule has 20 heavy (non-hydrogen) atoms. The summed E-state index contributed by atoms with van der Waals surface area (Å²) in [5.74, 6) is 0.126. The number of hydrogen-bond acceptors (Lipinski definition) is 4. The van der Waals surface area contributed by atoms with Gasteiger partial charge in [0.15, 0.2) is 0 Å². The van der Waals surface area contributed by atoms with E-state index in [-0.39, 0.29) is 18.4 Å². The number of amides is 2. The lowest BCUT2D eigenvalue weighted by molar-refractivity contribution is -0.137. The van der Waals surface area contributed by atoms with E-state index in [0.29, 0.717) is 25.9 Å². The summed E-state index contributed by atoms with van der Waals surface area (Å²) < 4.78 is 1.80. The monoisotopic (exact) mass is 283 g/mol. The van der Waals surface area contributed by atoms with Crippen LogP contribution >= 0.6 is 0 Å². The summed E-state index contributed by atoms with van der Waals surface area (Å²) in [4.78, 5) is 21.9. The summed E-state index contributed by atoms with van der Waals surface area (Å²) in [5.41, 5.74) is 0. The summed E-state index contributed by atoms with van der Waals surface area (Å²) in [6.45, 7) is 2.84.